The van der Waals surface area contributed by atoms with Crippen LogP contribution in [0.4, 0.5) is 14.7 Å². The van der Waals surface area contributed by atoms with Gasteiger partial charge in [0.05, 0.1) is 35.6 Å². The Morgan fingerprint density at radius 1 is 1.32 bits per heavy atom. The van der Waals surface area contributed by atoms with Crippen molar-refractivity contribution in [1.29, 1.82) is 0 Å². The number of H-pyrrole nitrogens is 1. The number of nitrogens with zero attached hydrogens (tertiary/aromatic N) is 2. The van der Waals surface area contributed by atoms with Crippen molar-refractivity contribution >= 4 is 35.1 Å². The summed E-state index contributed by atoms with van der Waals surface area (Å²) < 4.78 is 32.9. The lowest BCUT2D eigenvalue weighted by Crippen LogP contribution is -2.39. The van der Waals surface area contributed by atoms with Crippen LogP contribution in [-0.4, -0.2) is 52.8 Å². The van der Waals surface area contributed by atoms with E-state index in [1.807, 2.05) is 0 Å². The average molecular weight is 511 g/mol. The number of carbonyl (C=O) groups is 1. The number of anilines is 1. The van der Waals surface area contributed by atoms with E-state index in [9.17, 15) is 13.6 Å². The Kier molecular flexibility index (Phi) is 7.62. The number of aromatic nitrogens is 3. The van der Waals surface area contributed by atoms with Crippen LogP contribution in [0.1, 0.15) is 28.5 Å². The van der Waals surface area contributed by atoms with E-state index >= 15 is 0 Å². The number of ether oxygens (including phenoxy) is 1. The molecule has 3 heterocycles. The highest BCUT2D eigenvalue weighted by atomic mass is 35.5. The third-order valence-electron chi connectivity index (χ3n) is 5.37. The smallest absolute Gasteiger partial charge is 0.268 e. The van der Waals surface area contributed by atoms with Crippen LogP contribution in [0.2, 0.25) is 10.0 Å². The number of benzene rings is 1. The van der Waals surface area contributed by atoms with Crippen LogP contribution in [-0.2, 0) is 4.74 Å². The fourth-order valence-corrected chi connectivity index (χ4v) is 4.05. The Morgan fingerprint density at radius 2 is 2.15 bits per heavy atom. The number of hydrogen-bond acceptors (Lipinski definition) is 6. The Balaban J connectivity index is 1.50. The first-order valence-corrected chi connectivity index (χ1v) is 11.3. The average Bonchev–Trinajstić information content (AvgIpc) is 3.29. The van der Waals surface area contributed by atoms with Crippen molar-refractivity contribution in [3.63, 3.8) is 0 Å². The van der Waals surface area contributed by atoms with E-state index in [2.05, 4.69) is 25.6 Å². The maximum absolute atomic E-state index is 14.1. The van der Waals surface area contributed by atoms with E-state index in [4.69, 9.17) is 33.7 Å². The quantitative estimate of drug-likeness (QED) is 0.383. The molecule has 0 spiro atoms. The second-order valence-corrected chi connectivity index (χ2v) is 8.63. The zero-order valence-corrected chi connectivity index (χ0v) is 19.3. The molecule has 2 aromatic heterocycles. The largest absolute Gasteiger partial charge is 0.378 e. The SMILES string of the molecule is NC[C@@H](NC(=O)c1cc(-c2nc(NC3CCOC[C@@H]3F)ncc2Cl)c[nH]1)c1cc(F)cc(Cl)c1. The van der Waals surface area contributed by atoms with Crippen molar-refractivity contribution in [2.45, 2.75) is 24.7 Å². The molecule has 1 amide bonds. The molecule has 1 aliphatic rings. The molecule has 12 heteroatoms. The molecule has 1 unspecified atom stereocenters. The predicted octanol–water partition coefficient (Wildman–Crippen LogP) is 3.89. The van der Waals surface area contributed by atoms with Gasteiger partial charge in [0, 0.05) is 29.9 Å². The van der Waals surface area contributed by atoms with E-state index in [0.29, 0.717) is 29.8 Å². The second kappa shape index (κ2) is 10.6. The van der Waals surface area contributed by atoms with Gasteiger partial charge in [0.15, 0.2) is 0 Å². The summed E-state index contributed by atoms with van der Waals surface area (Å²) in [4.78, 5) is 24.2. The van der Waals surface area contributed by atoms with Crippen molar-refractivity contribution in [2.75, 3.05) is 25.1 Å². The highest BCUT2D eigenvalue weighted by molar-refractivity contribution is 6.33. The summed E-state index contributed by atoms with van der Waals surface area (Å²) >= 11 is 12.2. The molecule has 1 aliphatic heterocycles. The molecule has 8 nitrogen and oxygen atoms in total. The second-order valence-electron chi connectivity index (χ2n) is 7.79. The topological polar surface area (TPSA) is 118 Å². The molecule has 0 bridgehead atoms. The lowest BCUT2D eigenvalue weighted by molar-refractivity contribution is 0.0284. The van der Waals surface area contributed by atoms with Crippen LogP contribution in [0.15, 0.2) is 36.7 Å². The number of rotatable bonds is 7. The lowest BCUT2D eigenvalue weighted by Gasteiger charge is -2.26. The molecule has 1 saturated heterocycles. The Hall–Kier alpha value is -2.79. The van der Waals surface area contributed by atoms with Crippen LogP contribution < -0.4 is 16.4 Å². The highest BCUT2D eigenvalue weighted by Crippen LogP contribution is 2.28. The van der Waals surface area contributed by atoms with Gasteiger partial charge in [-0.2, -0.15) is 0 Å². The van der Waals surface area contributed by atoms with Gasteiger partial charge in [-0.15, -0.1) is 0 Å². The molecular weight excluding hydrogens is 489 g/mol. The molecule has 0 saturated carbocycles. The number of alkyl halides is 1. The van der Waals surface area contributed by atoms with Gasteiger partial charge < -0.3 is 26.1 Å². The molecule has 180 valence electrons. The minimum atomic E-state index is -1.18. The van der Waals surface area contributed by atoms with Gasteiger partial charge in [0.1, 0.15) is 17.7 Å². The van der Waals surface area contributed by atoms with E-state index in [0.717, 1.165) is 0 Å². The monoisotopic (exact) mass is 510 g/mol. The van der Waals surface area contributed by atoms with Gasteiger partial charge in [-0.05, 0) is 36.2 Å². The lowest BCUT2D eigenvalue weighted by atomic mass is 10.1. The molecule has 0 aliphatic carbocycles. The first kappa shape index (κ1) is 24.3. The zero-order valence-electron chi connectivity index (χ0n) is 17.8. The van der Waals surface area contributed by atoms with Crippen LogP contribution >= 0.6 is 23.2 Å². The van der Waals surface area contributed by atoms with Crippen molar-refractivity contribution in [2.24, 2.45) is 5.73 Å². The minimum Gasteiger partial charge on any atom is -0.378 e. The molecular formula is C22H22Cl2F2N6O2. The summed E-state index contributed by atoms with van der Waals surface area (Å²) in [5.41, 5.74) is 7.34. The fraction of sp³-hybridized carbons (Fsp3) is 0.318. The predicted molar refractivity (Wildman–Crippen MR) is 125 cm³/mol. The Bertz CT molecular complexity index is 1160. The van der Waals surface area contributed by atoms with Crippen molar-refractivity contribution in [1.82, 2.24) is 20.3 Å². The first-order chi connectivity index (χ1) is 16.3. The Labute approximate surface area is 204 Å². The molecule has 5 N–H and O–H groups in total. The molecule has 34 heavy (non-hydrogen) atoms. The number of halogens is 4. The fourth-order valence-electron chi connectivity index (χ4n) is 3.62. The highest BCUT2D eigenvalue weighted by Gasteiger charge is 2.26. The van der Waals surface area contributed by atoms with Gasteiger partial charge in [-0.3, -0.25) is 4.79 Å². The molecule has 3 aromatic rings. The van der Waals surface area contributed by atoms with Crippen molar-refractivity contribution < 1.29 is 18.3 Å². The third kappa shape index (κ3) is 5.64. The van der Waals surface area contributed by atoms with E-state index in [1.54, 1.807) is 12.3 Å². The first-order valence-electron chi connectivity index (χ1n) is 10.5. The summed E-state index contributed by atoms with van der Waals surface area (Å²) in [6, 6.07) is 4.41. The van der Waals surface area contributed by atoms with Gasteiger partial charge in [-0.25, -0.2) is 18.7 Å². The number of amides is 1. The molecule has 3 atom stereocenters. The van der Waals surface area contributed by atoms with Gasteiger partial charge >= 0.3 is 0 Å². The molecule has 1 fully saturated rings. The zero-order chi connectivity index (χ0) is 24.2. The van der Waals surface area contributed by atoms with E-state index in [-0.39, 0.29) is 34.8 Å². The maximum Gasteiger partial charge on any atom is 0.268 e. The number of nitrogens with one attached hydrogen (secondary N) is 3. The summed E-state index contributed by atoms with van der Waals surface area (Å²) in [6.07, 6.45) is 2.28. The van der Waals surface area contributed by atoms with Crippen LogP contribution in [0.3, 0.4) is 0 Å². The van der Waals surface area contributed by atoms with Crippen LogP contribution in [0, 0.1) is 5.82 Å². The normalized spacial score (nSPS) is 19.0. The maximum atomic E-state index is 14.1. The molecule has 0 radical (unpaired) electrons. The summed E-state index contributed by atoms with van der Waals surface area (Å²) in [5, 5.41) is 6.19. The van der Waals surface area contributed by atoms with Crippen molar-refractivity contribution in [3.05, 3.63) is 63.8 Å². The summed E-state index contributed by atoms with van der Waals surface area (Å²) in [6.45, 7) is 0.494. The molecule has 4 rings (SSSR count). The minimum absolute atomic E-state index is 0.0139. The van der Waals surface area contributed by atoms with Gasteiger partial charge in [-0.1, -0.05) is 23.2 Å². The Morgan fingerprint density at radius 3 is 2.88 bits per heavy atom. The van der Waals surface area contributed by atoms with E-state index in [1.165, 1.54) is 24.4 Å². The van der Waals surface area contributed by atoms with Crippen LogP contribution in [0.25, 0.3) is 11.3 Å². The van der Waals surface area contributed by atoms with Gasteiger partial charge in [0.2, 0.25) is 5.95 Å². The van der Waals surface area contributed by atoms with Gasteiger partial charge in [0.25, 0.3) is 5.91 Å². The van der Waals surface area contributed by atoms with E-state index < -0.39 is 30.0 Å². The van der Waals surface area contributed by atoms with Crippen LogP contribution in [0.5, 0.6) is 0 Å². The molecule has 1 aromatic carbocycles. The number of carbonyl (C=O) groups excluding carboxylic acids is 1. The standard InChI is InChI=1S/C22H22Cl2F2N6O2/c23-13-3-11(4-14(25)6-13)19(7-27)30-21(33)18-5-12(8-28-18)20-15(24)9-29-22(32-20)31-17-1-2-34-10-16(17)26/h3-6,8-9,16-17,19,28H,1-2,7,10,27H2,(H,30,33)(H,29,31,32)/t16-,17?,19+/m0/s1. The third-order valence-corrected chi connectivity index (χ3v) is 5.87. The number of nitrogens with two attached hydrogens (primary N) is 1. The summed E-state index contributed by atoms with van der Waals surface area (Å²) in [7, 11) is 0. The summed E-state index contributed by atoms with van der Waals surface area (Å²) in [5.74, 6) is -0.777. The number of hydrogen-bond donors (Lipinski definition) is 4. The van der Waals surface area contributed by atoms with Crippen molar-refractivity contribution in [3.8, 4) is 11.3 Å². The number of aromatic amines is 1.